The maximum absolute atomic E-state index is 6.70. The summed E-state index contributed by atoms with van der Waals surface area (Å²) in [5.41, 5.74) is 17.2. The zero-order chi connectivity index (χ0) is 49.7. The average molecular weight is 1160 g/mol. The van der Waals surface area contributed by atoms with E-state index in [2.05, 4.69) is 269 Å². The summed E-state index contributed by atoms with van der Waals surface area (Å²) in [6, 6.07) is 87.0. The van der Waals surface area contributed by atoms with E-state index in [1.165, 1.54) is 21.5 Å². The topological polar surface area (TPSA) is 43.4 Å². The van der Waals surface area contributed by atoms with Gasteiger partial charge in [-0.15, -0.1) is 41.4 Å². The van der Waals surface area contributed by atoms with Crippen molar-refractivity contribution in [2.45, 2.75) is 6.92 Å². The summed E-state index contributed by atoms with van der Waals surface area (Å²) in [7, 11) is 2.06. The fourth-order valence-electron chi connectivity index (χ4n) is 11.7. The molecule has 4 aromatic heterocycles. The molecule has 0 unspecified atom stereocenters. The third-order valence-electron chi connectivity index (χ3n) is 15.1. The van der Waals surface area contributed by atoms with E-state index in [1.54, 1.807) is 0 Å². The van der Waals surface area contributed by atoms with E-state index in [0.717, 1.165) is 106 Å². The first-order chi connectivity index (χ1) is 37.0. The van der Waals surface area contributed by atoms with Crippen LogP contribution in [0, 0.1) is 25.7 Å². The van der Waals surface area contributed by atoms with Gasteiger partial charge in [-0.1, -0.05) is 139 Å². The van der Waals surface area contributed by atoms with Crippen LogP contribution >= 0.6 is 0 Å². The van der Waals surface area contributed by atoms with Crippen LogP contribution in [-0.4, -0.2) is 25.7 Å². The van der Waals surface area contributed by atoms with Gasteiger partial charge in [0.2, 0.25) is 0 Å². The Kier molecular flexibility index (Phi) is 10.8. The molecule has 0 saturated heterocycles. The molecular formula is C68H45N6OPt-3. The zero-order valence-electron chi connectivity index (χ0n) is 41.4. The number of pyridine rings is 1. The van der Waals surface area contributed by atoms with Crippen molar-refractivity contribution in [3.05, 3.63) is 255 Å². The summed E-state index contributed by atoms with van der Waals surface area (Å²) in [5.74, 6) is 1.96. The normalized spacial score (nSPS) is 12.4. The Labute approximate surface area is 454 Å². The van der Waals surface area contributed by atoms with Gasteiger partial charge in [-0.3, -0.25) is 0 Å². The zero-order valence-corrected chi connectivity index (χ0v) is 43.7. The molecule has 0 radical (unpaired) electrons. The fourth-order valence-corrected chi connectivity index (χ4v) is 11.7. The Hall–Kier alpha value is -9.16. The van der Waals surface area contributed by atoms with Gasteiger partial charge in [-0.2, -0.15) is 18.8 Å². The molecule has 14 aromatic rings. The standard InChI is InChI=1S/C68H45N6O.Pt/c1-44-38-67(69-42-56(44)68-64(72-57-26-10-6-22-50(57)51-23-7-11-27-58(51)72)32-17-33-65(68)73-59-28-12-8-24-52(59)53-25-9-13-29-60(53)73)74-61-37-34-46(45-18-4-3-5-19-45)39-55(61)54-36-35-49(41-66(54)74)75-48-21-16-20-47(40-48)71-43-70(2)62-30-14-15-31-63(62)71;/h3-39,42-43H,1-2H3;/q-3;. The Balaban J connectivity index is 0.00000528. The number of aromatic nitrogens is 4. The van der Waals surface area contributed by atoms with Crippen LogP contribution in [0.4, 0.5) is 17.1 Å². The summed E-state index contributed by atoms with van der Waals surface area (Å²) in [6.07, 6.45) is 2.08. The van der Waals surface area contributed by atoms with Gasteiger partial charge < -0.3 is 28.2 Å². The van der Waals surface area contributed by atoms with Crippen molar-refractivity contribution < 1.29 is 25.8 Å². The number of hydrogen-bond donors (Lipinski definition) is 0. The van der Waals surface area contributed by atoms with Crippen LogP contribution < -0.4 is 14.5 Å². The number of benzene rings is 10. The Morgan fingerprint density at radius 3 is 1.61 bits per heavy atom. The second-order valence-corrected chi connectivity index (χ2v) is 19.4. The van der Waals surface area contributed by atoms with Gasteiger partial charge in [0.1, 0.15) is 5.82 Å². The molecule has 0 bridgehead atoms. The minimum absolute atomic E-state index is 0. The Morgan fingerprint density at radius 1 is 0.434 bits per heavy atom. The van der Waals surface area contributed by atoms with E-state index >= 15 is 0 Å². The van der Waals surface area contributed by atoms with Crippen LogP contribution in [0.2, 0.25) is 0 Å². The van der Waals surface area contributed by atoms with E-state index < -0.39 is 0 Å². The van der Waals surface area contributed by atoms with Gasteiger partial charge in [0.15, 0.2) is 0 Å². The van der Waals surface area contributed by atoms with Crippen LogP contribution in [0.1, 0.15) is 5.56 Å². The Morgan fingerprint density at radius 2 is 0.974 bits per heavy atom. The number of nitrogens with zero attached hydrogens (tertiary/aromatic N) is 6. The van der Waals surface area contributed by atoms with Crippen molar-refractivity contribution in [3.63, 3.8) is 0 Å². The number of hydrogen-bond acceptors (Lipinski definition) is 4. The monoisotopic (exact) mass is 1160 g/mol. The quantitative estimate of drug-likeness (QED) is 0.142. The molecule has 0 spiro atoms. The molecule has 0 amide bonds. The maximum Gasteiger partial charge on any atom is 0.135 e. The van der Waals surface area contributed by atoms with Crippen molar-refractivity contribution in [2.75, 3.05) is 16.8 Å². The fraction of sp³-hybridized carbons (Fsp3) is 0.0294. The van der Waals surface area contributed by atoms with Crippen molar-refractivity contribution >= 4 is 82.5 Å². The molecule has 0 atom stereocenters. The number of anilines is 3. The number of ether oxygens (including phenoxy) is 1. The second kappa shape index (κ2) is 18.0. The Bertz CT molecular complexity index is 4370. The summed E-state index contributed by atoms with van der Waals surface area (Å²) in [5, 5.41) is 6.99. The van der Waals surface area contributed by atoms with Crippen molar-refractivity contribution in [1.82, 2.24) is 18.7 Å². The average Bonchev–Trinajstić information content (AvgIpc) is 4.25. The van der Waals surface area contributed by atoms with Gasteiger partial charge in [-0.25, -0.2) is 4.98 Å². The molecule has 10 aromatic carbocycles. The third kappa shape index (κ3) is 7.11. The van der Waals surface area contributed by atoms with Crippen LogP contribution in [0.15, 0.2) is 231 Å². The number of fused-ring (bicyclic) bond motifs is 10. The summed E-state index contributed by atoms with van der Waals surface area (Å²) in [6.45, 7) is 4.30. The maximum atomic E-state index is 6.70. The minimum atomic E-state index is 0. The van der Waals surface area contributed by atoms with Gasteiger partial charge in [0.25, 0.3) is 0 Å². The van der Waals surface area contributed by atoms with Crippen molar-refractivity contribution in [3.8, 4) is 50.9 Å². The molecular weight excluding hydrogens is 1110 g/mol. The third-order valence-corrected chi connectivity index (χ3v) is 15.1. The summed E-state index contributed by atoms with van der Waals surface area (Å²) >= 11 is 0. The summed E-state index contributed by atoms with van der Waals surface area (Å²) < 4.78 is 13.8. The molecule has 15 rings (SSSR count). The van der Waals surface area contributed by atoms with E-state index in [1.807, 2.05) is 18.2 Å². The van der Waals surface area contributed by atoms with Crippen molar-refractivity contribution in [1.29, 1.82) is 0 Å². The summed E-state index contributed by atoms with van der Waals surface area (Å²) in [4.78, 5) is 9.76. The first kappa shape index (κ1) is 45.5. The van der Waals surface area contributed by atoms with E-state index in [4.69, 9.17) is 9.72 Å². The largest absolute Gasteiger partial charge is 0.509 e. The van der Waals surface area contributed by atoms with Crippen molar-refractivity contribution in [2.24, 2.45) is 0 Å². The van der Waals surface area contributed by atoms with Crippen LogP contribution in [0.5, 0.6) is 11.5 Å². The molecule has 366 valence electrons. The molecule has 7 nitrogen and oxygen atoms in total. The molecule has 0 N–H and O–H groups in total. The van der Waals surface area contributed by atoms with Crippen LogP contribution in [0.3, 0.4) is 0 Å². The van der Waals surface area contributed by atoms with Crippen LogP contribution in [-0.2, 0) is 21.1 Å². The molecule has 0 aliphatic carbocycles. The predicted octanol–water partition coefficient (Wildman–Crippen LogP) is 17.1. The van der Waals surface area contributed by atoms with E-state index in [0.29, 0.717) is 11.5 Å². The predicted molar refractivity (Wildman–Crippen MR) is 308 cm³/mol. The molecule has 5 heterocycles. The minimum Gasteiger partial charge on any atom is -0.509 e. The van der Waals surface area contributed by atoms with Crippen LogP contribution in [0.25, 0.3) is 105 Å². The molecule has 76 heavy (non-hydrogen) atoms. The first-order valence-electron chi connectivity index (χ1n) is 25.3. The molecule has 1 aliphatic heterocycles. The van der Waals surface area contributed by atoms with Gasteiger partial charge in [0, 0.05) is 88.3 Å². The SMILES string of the molecule is Cc1cc(-n2c3[c-]c(Oc4[c-]c(N5[CH-]N(C)c6ccccc65)ccc4)ccc3c3cc(-c4ccccc4)ccc32)ncc1-c1c(-n2c3ccccc3c3ccccc32)cccc1-n1c2ccccc2c2ccccc21.[Pt]. The van der Waals surface area contributed by atoms with Gasteiger partial charge >= 0.3 is 0 Å². The number of para-hydroxylation sites is 6. The van der Waals surface area contributed by atoms with E-state index in [9.17, 15) is 0 Å². The molecule has 0 saturated carbocycles. The van der Waals surface area contributed by atoms with Gasteiger partial charge in [0.05, 0.1) is 33.4 Å². The number of aryl methyl sites for hydroxylation is 1. The first-order valence-corrected chi connectivity index (χ1v) is 25.3. The molecule has 8 heteroatoms. The number of rotatable bonds is 8. The second-order valence-electron chi connectivity index (χ2n) is 19.4. The smallest absolute Gasteiger partial charge is 0.135 e. The molecule has 1 aliphatic rings. The van der Waals surface area contributed by atoms with E-state index in [-0.39, 0.29) is 21.1 Å². The van der Waals surface area contributed by atoms with Gasteiger partial charge in [-0.05, 0) is 96.7 Å². The molecule has 0 fully saturated rings.